The Morgan fingerprint density at radius 1 is 1.04 bits per heavy atom. The van der Waals surface area contributed by atoms with Gasteiger partial charge in [-0.25, -0.2) is 4.99 Å². The van der Waals surface area contributed by atoms with Gasteiger partial charge in [0.05, 0.1) is 15.9 Å². The number of furan rings is 1. The smallest absolute Gasteiger partial charge is 0.269 e. The average Bonchev–Trinajstić information content (AvgIpc) is 3.07. The van der Waals surface area contributed by atoms with E-state index >= 15 is 0 Å². The molecule has 4 aromatic rings. The third-order valence-electron chi connectivity index (χ3n) is 4.24. The number of aromatic hydroxyl groups is 1. The number of aliphatic imine (C=N–C) groups is 1. The first-order valence-corrected chi connectivity index (χ1v) is 8.69. The van der Waals surface area contributed by atoms with Crippen LogP contribution in [-0.4, -0.2) is 16.2 Å². The van der Waals surface area contributed by atoms with Gasteiger partial charge in [0.25, 0.3) is 5.69 Å². The predicted octanol–water partition coefficient (Wildman–Crippen LogP) is 6.12. The average molecular weight is 393 g/mol. The minimum atomic E-state index is -0.464. The van der Waals surface area contributed by atoms with E-state index in [1.165, 1.54) is 12.1 Å². The topological polar surface area (TPSA) is 88.9 Å². The van der Waals surface area contributed by atoms with E-state index in [0.717, 1.165) is 5.56 Å². The molecule has 0 saturated heterocycles. The summed E-state index contributed by atoms with van der Waals surface area (Å²) in [7, 11) is 0. The van der Waals surface area contributed by atoms with Gasteiger partial charge in [0.2, 0.25) is 5.88 Å². The van der Waals surface area contributed by atoms with Crippen molar-refractivity contribution < 1.29 is 14.4 Å². The number of non-ortho nitro benzene ring substituents is 1. The molecular formula is C21H13ClN2O4. The lowest BCUT2D eigenvalue weighted by Crippen LogP contribution is -1.87. The van der Waals surface area contributed by atoms with Crippen LogP contribution in [0.25, 0.3) is 22.1 Å². The molecule has 0 aliphatic carbocycles. The first-order valence-electron chi connectivity index (χ1n) is 8.32. The van der Waals surface area contributed by atoms with Gasteiger partial charge in [-0.3, -0.25) is 10.1 Å². The highest BCUT2D eigenvalue weighted by Gasteiger charge is 2.19. The summed E-state index contributed by atoms with van der Waals surface area (Å²) in [4.78, 5) is 14.9. The second kappa shape index (κ2) is 7.17. The SMILES string of the molecule is O=[N+]([O-])c1ccc(-c2c(N=Cc3ccc(Cl)cc3)oc3cccc(O)c23)cc1. The zero-order valence-corrected chi connectivity index (χ0v) is 15.1. The Hall–Kier alpha value is -3.64. The van der Waals surface area contributed by atoms with Gasteiger partial charge in [0.15, 0.2) is 0 Å². The molecule has 0 unspecified atom stereocenters. The van der Waals surface area contributed by atoms with Crippen LogP contribution in [0.4, 0.5) is 11.6 Å². The standard InChI is InChI=1S/C21H13ClN2O4/c22-15-8-4-13(5-9-15)12-23-21-19(14-6-10-16(11-7-14)24(26)27)20-17(25)2-1-3-18(20)28-21/h1-12,25H. The van der Waals surface area contributed by atoms with Gasteiger partial charge in [-0.1, -0.05) is 29.8 Å². The molecule has 0 bridgehead atoms. The largest absolute Gasteiger partial charge is 0.507 e. The number of halogens is 1. The third kappa shape index (κ3) is 3.33. The number of hydrogen-bond donors (Lipinski definition) is 1. The second-order valence-electron chi connectivity index (χ2n) is 6.05. The van der Waals surface area contributed by atoms with E-state index in [1.54, 1.807) is 48.7 Å². The van der Waals surface area contributed by atoms with Gasteiger partial charge in [0.1, 0.15) is 11.3 Å². The van der Waals surface area contributed by atoms with Crippen molar-refractivity contribution in [1.82, 2.24) is 0 Å². The van der Waals surface area contributed by atoms with E-state index in [2.05, 4.69) is 4.99 Å². The van der Waals surface area contributed by atoms with Crippen molar-refractivity contribution >= 4 is 40.4 Å². The number of rotatable bonds is 4. The second-order valence-corrected chi connectivity index (χ2v) is 6.48. The van der Waals surface area contributed by atoms with Crippen LogP contribution >= 0.6 is 11.6 Å². The third-order valence-corrected chi connectivity index (χ3v) is 4.49. The minimum absolute atomic E-state index is 0.0213. The first-order chi connectivity index (χ1) is 13.5. The fraction of sp³-hybridized carbons (Fsp3) is 0. The summed E-state index contributed by atoms with van der Waals surface area (Å²) in [5, 5.41) is 22.4. The Kier molecular flexibility index (Phi) is 4.55. The van der Waals surface area contributed by atoms with E-state index in [1.807, 2.05) is 12.1 Å². The zero-order valence-electron chi connectivity index (χ0n) is 14.4. The highest BCUT2D eigenvalue weighted by atomic mass is 35.5. The van der Waals surface area contributed by atoms with E-state index < -0.39 is 4.92 Å². The van der Waals surface area contributed by atoms with Gasteiger partial charge in [-0.05, 0) is 47.5 Å². The maximum atomic E-state index is 10.9. The molecule has 4 rings (SSSR count). The van der Waals surface area contributed by atoms with E-state index in [9.17, 15) is 15.2 Å². The Bertz CT molecular complexity index is 1200. The van der Waals surface area contributed by atoms with Crippen molar-refractivity contribution in [2.75, 3.05) is 0 Å². The maximum Gasteiger partial charge on any atom is 0.269 e. The lowest BCUT2D eigenvalue weighted by Gasteiger charge is -2.02. The molecule has 0 saturated carbocycles. The molecule has 0 atom stereocenters. The minimum Gasteiger partial charge on any atom is -0.507 e. The molecule has 0 spiro atoms. The molecule has 0 amide bonds. The van der Waals surface area contributed by atoms with Crippen molar-refractivity contribution in [1.29, 1.82) is 0 Å². The van der Waals surface area contributed by atoms with Crippen molar-refractivity contribution in [2.45, 2.75) is 0 Å². The lowest BCUT2D eigenvalue weighted by molar-refractivity contribution is -0.384. The fourth-order valence-electron chi connectivity index (χ4n) is 2.91. The lowest BCUT2D eigenvalue weighted by atomic mass is 10.0. The zero-order chi connectivity index (χ0) is 19.7. The summed E-state index contributed by atoms with van der Waals surface area (Å²) in [5.74, 6) is 0.336. The maximum absolute atomic E-state index is 10.9. The van der Waals surface area contributed by atoms with Gasteiger partial charge >= 0.3 is 0 Å². The number of benzene rings is 3. The summed E-state index contributed by atoms with van der Waals surface area (Å²) in [5.41, 5.74) is 2.48. The van der Waals surface area contributed by atoms with Crippen LogP contribution in [0.5, 0.6) is 5.75 Å². The Morgan fingerprint density at radius 2 is 1.75 bits per heavy atom. The van der Waals surface area contributed by atoms with Crippen LogP contribution in [-0.2, 0) is 0 Å². The number of nitro groups is 1. The van der Waals surface area contributed by atoms with Crippen LogP contribution < -0.4 is 0 Å². The number of phenols is 1. The summed E-state index contributed by atoms with van der Waals surface area (Å²) in [6.07, 6.45) is 1.62. The molecule has 6 nitrogen and oxygen atoms in total. The van der Waals surface area contributed by atoms with Gasteiger partial charge in [-0.2, -0.15) is 0 Å². The van der Waals surface area contributed by atoms with Crippen LogP contribution in [0, 0.1) is 10.1 Å². The Labute approximate surface area is 164 Å². The quantitative estimate of drug-likeness (QED) is 0.257. The molecule has 0 aliphatic rings. The van der Waals surface area contributed by atoms with Gasteiger partial charge < -0.3 is 9.52 Å². The van der Waals surface area contributed by atoms with Crippen molar-refractivity contribution in [3.8, 4) is 16.9 Å². The number of fused-ring (bicyclic) bond motifs is 1. The molecule has 0 aliphatic heterocycles. The van der Waals surface area contributed by atoms with Gasteiger partial charge in [0, 0.05) is 23.4 Å². The molecule has 1 N–H and O–H groups in total. The molecule has 1 aromatic heterocycles. The molecule has 0 fully saturated rings. The normalized spacial score (nSPS) is 11.3. The monoisotopic (exact) mass is 392 g/mol. The Morgan fingerprint density at radius 3 is 2.43 bits per heavy atom. The van der Waals surface area contributed by atoms with Gasteiger partial charge in [-0.15, -0.1) is 0 Å². The van der Waals surface area contributed by atoms with Crippen molar-refractivity contribution in [3.63, 3.8) is 0 Å². The molecule has 138 valence electrons. The molecular weight excluding hydrogens is 380 g/mol. The highest BCUT2D eigenvalue weighted by Crippen LogP contribution is 2.44. The number of hydrogen-bond acceptors (Lipinski definition) is 5. The number of phenolic OH excluding ortho intramolecular Hbond substituents is 1. The number of nitrogens with zero attached hydrogens (tertiary/aromatic N) is 2. The molecule has 3 aromatic carbocycles. The predicted molar refractivity (Wildman–Crippen MR) is 109 cm³/mol. The van der Waals surface area contributed by atoms with Crippen molar-refractivity contribution in [3.05, 3.63) is 87.4 Å². The van der Waals surface area contributed by atoms with Crippen LogP contribution in [0.3, 0.4) is 0 Å². The molecule has 28 heavy (non-hydrogen) atoms. The van der Waals surface area contributed by atoms with E-state index in [4.69, 9.17) is 16.0 Å². The summed E-state index contributed by atoms with van der Waals surface area (Å²) < 4.78 is 5.84. The van der Waals surface area contributed by atoms with Crippen molar-refractivity contribution in [2.24, 2.45) is 4.99 Å². The summed E-state index contributed by atoms with van der Waals surface area (Å²) in [6.45, 7) is 0. The summed E-state index contributed by atoms with van der Waals surface area (Å²) in [6, 6.07) is 18.1. The number of nitro benzene ring substituents is 1. The van der Waals surface area contributed by atoms with Crippen LogP contribution in [0.15, 0.2) is 76.1 Å². The Balaban J connectivity index is 1.86. The fourth-order valence-corrected chi connectivity index (χ4v) is 3.03. The van der Waals surface area contributed by atoms with E-state index in [-0.39, 0.29) is 11.4 Å². The molecule has 0 radical (unpaired) electrons. The highest BCUT2D eigenvalue weighted by molar-refractivity contribution is 6.30. The molecule has 1 heterocycles. The molecule has 7 heteroatoms. The summed E-state index contributed by atoms with van der Waals surface area (Å²) >= 11 is 5.90. The first kappa shape index (κ1) is 17.8. The van der Waals surface area contributed by atoms with Crippen LogP contribution in [0.1, 0.15) is 5.56 Å². The van der Waals surface area contributed by atoms with Crippen LogP contribution in [0.2, 0.25) is 5.02 Å². The van der Waals surface area contributed by atoms with E-state index in [0.29, 0.717) is 33.0 Å².